The lowest BCUT2D eigenvalue weighted by Crippen LogP contribution is -2.43. The molecule has 1 saturated heterocycles. The summed E-state index contributed by atoms with van der Waals surface area (Å²) < 4.78 is 11.7. The first-order valence-corrected chi connectivity index (χ1v) is 8.42. The number of carbonyl (C=O) groups is 2. The van der Waals surface area contributed by atoms with E-state index >= 15 is 0 Å². The molecule has 0 atom stereocenters. The fourth-order valence-electron chi connectivity index (χ4n) is 2.93. The highest BCUT2D eigenvalue weighted by atomic mass is 16.6. The number of piperidine rings is 1. The minimum absolute atomic E-state index is 0.00316. The van der Waals surface area contributed by atoms with Gasteiger partial charge in [-0.15, -0.1) is 0 Å². The first-order valence-electron chi connectivity index (χ1n) is 8.42. The molecule has 0 bridgehead atoms. The molecule has 1 fully saturated rings. The van der Waals surface area contributed by atoms with Gasteiger partial charge in [-0.25, -0.2) is 9.59 Å². The summed E-state index contributed by atoms with van der Waals surface area (Å²) in [6.07, 6.45) is 2.64. The third kappa shape index (κ3) is 4.41. The molecule has 0 N–H and O–H groups in total. The maximum Gasteiger partial charge on any atom is 0.410 e. The van der Waals surface area contributed by atoms with Crippen LogP contribution in [0.3, 0.4) is 0 Å². The lowest BCUT2D eigenvalue weighted by atomic mass is 10.0. The fourth-order valence-corrected chi connectivity index (χ4v) is 2.93. The van der Waals surface area contributed by atoms with Gasteiger partial charge >= 0.3 is 12.1 Å². The number of ether oxygens (including phenoxy) is 2. The van der Waals surface area contributed by atoms with Crippen molar-refractivity contribution in [2.75, 3.05) is 20.2 Å². The van der Waals surface area contributed by atoms with Gasteiger partial charge in [-0.2, -0.15) is 0 Å². The quantitative estimate of drug-likeness (QED) is 0.766. The number of hydrogen-bond donors (Lipinski definition) is 0. The van der Waals surface area contributed by atoms with Gasteiger partial charge in [0.05, 0.1) is 12.7 Å². The van der Waals surface area contributed by atoms with Crippen molar-refractivity contribution in [3.63, 3.8) is 0 Å². The van der Waals surface area contributed by atoms with Crippen molar-refractivity contribution in [1.82, 2.24) is 9.47 Å². The topological polar surface area (TPSA) is 77.8 Å². The van der Waals surface area contributed by atoms with Crippen LogP contribution >= 0.6 is 0 Å². The normalized spacial score (nSPS) is 15.8. The molecule has 138 valence electrons. The van der Waals surface area contributed by atoms with Crippen molar-refractivity contribution in [1.29, 1.82) is 0 Å². The molecule has 0 aromatic carbocycles. The van der Waals surface area contributed by atoms with Crippen molar-refractivity contribution in [2.24, 2.45) is 0 Å². The van der Waals surface area contributed by atoms with E-state index in [1.807, 2.05) is 20.8 Å². The van der Waals surface area contributed by atoms with Crippen LogP contribution in [0.5, 0.6) is 0 Å². The minimum Gasteiger partial charge on any atom is -0.465 e. The van der Waals surface area contributed by atoms with Crippen molar-refractivity contribution < 1.29 is 19.1 Å². The van der Waals surface area contributed by atoms with Crippen LogP contribution in [0.25, 0.3) is 0 Å². The Hall–Kier alpha value is -2.31. The summed E-state index contributed by atoms with van der Waals surface area (Å²) in [7, 11) is 1.29. The predicted octanol–water partition coefficient (Wildman–Crippen LogP) is 2.52. The molecule has 1 aromatic rings. The molecule has 1 amide bonds. The SMILES string of the molecule is COC(=O)c1ccn(C2CCN(C(=O)OC(C)(C)C)CC2)c(=O)c1C. The second-order valence-corrected chi connectivity index (χ2v) is 7.26. The largest absolute Gasteiger partial charge is 0.465 e. The van der Waals surface area contributed by atoms with E-state index in [1.165, 1.54) is 7.11 Å². The van der Waals surface area contributed by atoms with E-state index in [-0.39, 0.29) is 23.3 Å². The summed E-state index contributed by atoms with van der Waals surface area (Å²) in [6.45, 7) is 8.20. The maximum atomic E-state index is 12.6. The Bertz CT molecular complexity index is 709. The average Bonchev–Trinajstić information content (AvgIpc) is 2.55. The van der Waals surface area contributed by atoms with Crippen LogP contribution in [0.4, 0.5) is 4.79 Å². The number of hydrogen-bond acceptors (Lipinski definition) is 5. The van der Waals surface area contributed by atoms with E-state index in [2.05, 4.69) is 0 Å². The maximum absolute atomic E-state index is 12.6. The highest BCUT2D eigenvalue weighted by molar-refractivity contribution is 5.90. The number of nitrogens with zero attached hydrogens (tertiary/aromatic N) is 2. The van der Waals surface area contributed by atoms with E-state index in [9.17, 15) is 14.4 Å². The zero-order valence-electron chi connectivity index (χ0n) is 15.5. The molecule has 25 heavy (non-hydrogen) atoms. The van der Waals surface area contributed by atoms with Gasteiger partial charge < -0.3 is 18.9 Å². The second-order valence-electron chi connectivity index (χ2n) is 7.26. The summed E-state index contributed by atoms with van der Waals surface area (Å²) >= 11 is 0. The highest BCUT2D eigenvalue weighted by Gasteiger charge is 2.28. The smallest absolute Gasteiger partial charge is 0.410 e. The highest BCUT2D eigenvalue weighted by Crippen LogP contribution is 2.23. The van der Waals surface area contributed by atoms with Gasteiger partial charge in [0.1, 0.15) is 5.60 Å². The standard InChI is InChI=1S/C18H26N2O5/c1-12-14(16(22)24-5)8-11-20(15(12)21)13-6-9-19(10-7-13)17(23)25-18(2,3)4/h8,11,13H,6-7,9-10H2,1-5H3. The Kier molecular flexibility index (Phi) is 5.55. The number of aromatic nitrogens is 1. The first kappa shape index (κ1) is 19.0. The molecule has 7 heteroatoms. The minimum atomic E-state index is -0.522. The first-order chi connectivity index (χ1) is 11.6. The number of carbonyl (C=O) groups excluding carboxylic acids is 2. The third-order valence-electron chi connectivity index (χ3n) is 4.28. The zero-order valence-corrected chi connectivity index (χ0v) is 15.5. The van der Waals surface area contributed by atoms with E-state index in [4.69, 9.17) is 9.47 Å². The summed E-state index contributed by atoms with van der Waals surface area (Å²) in [6, 6.07) is 1.61. The van der Waals surface area contributed by atoms with Gasteiger partial charge in [-0.3, -0.25) is 4.79 Å². The van der Waals surface area contributed by atoms with Gasteiger partial charge in [0.2, 0.25) is 0 Å². The van der Waals surface area contributed by atoms with Crippen LogP contribution in [-0.4, -0.2) is 47.3 Å². The van der Waals surface area contributed by atoms with E-state index in [1.54, 1.807) is 28.7 Å². The Labute approximate surface area is 147 Å². The average molecular weight is 350 g/mol. The van der Waals surface area contributed by atoms with E-state index in [0.29, 0.717) is 31.5 Å². The van der Waals surface area contributed by atoms with E-state index in [0.717, 1.165) is 0 Å². The Morgan fingerprint density at radius 3 is 2.32 bits per heavy atom. The van der Waals surface area contributed by atoms with Gasteiger partial charge in [0.25, 0.3) is 5.56 Å². The fraction of sp³-hybridized carbons (Fsp3) is 0.611. The van der Waals surface area contributed by atoms with Crippen LogP contribution in [0.15, 0.2) is 17.1 Å². The Morgan fingerprint density at radius 1 is 1.20 bits per heavy atom. The molecule has 1 aliphatic heterocycles. The van der Waals surface area contributed by atoms with Crippen LogP contribution in [0.2, 0.25) is 0 Å². The van der Waals surface area contributed by atoms with E-state index < -0.39 is 11.6 Å². The van der Waals surface area contributed by atoms with Crippen molar-refractivity contribution >= 4 is 12.1 Å². The number of methoxy groups -OCH3 is 1. The Balaban J connectivity index is 2.09. The monoisotopic (exact) mass is 350 g/mol. The van der Waals surface area contributed by atoms with Gasteiger partial charge in [0.15, 0.2) is 0 Å². The second kappa shape index (κ2) is 7.29. The molecule has 1 aromatic heterocycles. The van der Waals surface area contributed by atoms with Crippen LogP contribution in [-0.2, 0) is 9.47 Å². The molecule has 2 heterocycles. The lowest BCUT2D eigenvalue weighted by Gasteiger charge is -2.34. The van der Waals surface area contributed by atoms with Crippen molar-refractivity contribution in [3.8, 4) is 0 Å². The van der Waals surface area contributed by atoms with Crippen LogP contribution in [0, 0.1) is 6.92 Å². The molecule has 7 nitrogen and oxygen atoms in total. The summed E-state index contributed by atoms with van der Waals surface area (Å²) in [5.41, 5.74) is -0.0522. The number of rotatable bonds is 2. The molecule has 0 radical (unpaired) electrons. The number of esters is 1. The van der Waals surface area contributed by atoms with Crippen molar-refractivity contribution in [2.45, 2.75) is 52.2 Å². The van der Waals surface area contributed by atoms with Crippen LogP contribution in [0.1, 0.15) is 55.6 Å². The van der Waals surface area contributed by atoms with Gasteiger partial charge in [-0.05, 0) is 46.6 Å². The molecular weight excluding hydrogens is 324 g/mol. The van der Waals surface area contributed by atoms with Crippen LogP contribution < -0.4 is 5.56 Å². The summed E-state index contributed by atoms with van der Waals surface area (Å²) in [5.74, 6) is -0.513. The summed E-state index contributed by atoms with van der Waals surface area (Å²) in [5, 5.41) is 0. The molecule has 0 spiro atoms. The molecule has 0 aliphatic carbocycles. The number of pyridine rings is 1. The third-order valence-corrected chi connectivity index (χ3v) is 4.28. The zero-order chi connectivity index (χ0) is 18.8. The molecule has 0 unspecified atom stereocenters. The predicted molar refractivity (Wildman–Crippen MR) is 92.9 cm³/mol. The molecular formula is C18H26N2O5. The number of amides is 1. The van der Waals surface area contributed by atoms with Gasteiger partial charge in [-0.1, -0.05) is 0 Å². The van der Waals surface area contributed by atoms with Gasteiger partial charge in [0, 0.05) is 30.9 Å². The van der Waals surface area contributed by atoms with Crippen molar-refractivity contribution in [3.05, 3.63) is 33.7 Å². The Morgan fingerprint density at radius 2 is 1.80 bits per heavy atom. The molecule has 2 rings (SSSR count). The lowest BCUT2D eigenvalue weighted by molar-refractivity contribution is 0.0187. The number of likely N-dealkylation sites (tertiary alicyclic amines) is 1. The molecule has 0 saturated carbocycles. The summed E-state index contributed by atoms with van der Waals surface area (Å²) in [4.78, 5) is 38.0. The molecule has 1 aliphatic rings.